The Kier molecular flexibility index (Phi) is 7.35. The zero-order chi connectivity index (χ0) is 26.8. The van der Waals surface area contributed by atoms with Gasteiger partial charge in [-0.25, -0.2) is 9.59 Å². The van der Waals surface area contributed by atoms with Crippen LogP contribution in [0.25, 0.3) is 10.9 Å². The quantitative estimate of drug-likeness (QED) is 0.484. The van der Waals surface area contributed by atoms with Crippen molar-refractivity contribution in [1.82, 2.24) is 14.0 Å². The summed E-state index contributed by atoms with van der Waals surface area (Å²) in [6, 6.07) is 14.1. The number of benzene rings is 2. The normalized spacial score (nSPS) is 17.6. The van der Waals surface area contributed by atoms with E-state index in [1.165, 1.54) is 4.57 Å². The molecular formula is C29H35N5O4. The van der Waals surface area contributed by atoms with Crippen molar-refractivity contribution in [2.24, 2.45) is 11.8 Å². The van der Waals surface area contributed by atoms with Crippen LogP contribution in [0.3, 0.4) is 0 Å². The van der Waals surface area contributed by atoms with Gasteiger partial charge in [0.05, 0.1) is 10.9 Å². The minimum absolute atomic E-state index is 0.0586. The summed E-state index contributed by atoms with van der Waals surface area (Å²) in [5, 5.41) is 6.27. The Bertz CT molecular complexity index is 1460. The van der Waals surface area contributed by atoms with E-state index in [0.29, 0.717) is 48.6 Å². The van der Waals surface area contributed by atoms with Gasteiger partial charge >= 0.3 is 11.7 Å². The molecule has 1 aliphatic carbocycles. The molecule has 9 heteroatoms. The van der Waals surface area contributed by atoms with Crippen LogP contribution in [-0.2, 0) is 11.3 Å². The summed E-state index contributed by atoms with van der Waals surface area (Å²) in [5.41, 5.74) is 1.25. The zero-order valence-corrected chi connectivity index (χ0v) is 22.0. The third-order valence-electron chi connectivity index (χ3n) is 7.41. The average Bonchev–Trinajstić information content (AvgIpc) is 3.72. The molecule has 0 radical (unpaired) electrons. The van der Waals surface area contributed by atoms with E-state index in [2.05, 4.69) is 10.6 Å². The second kappa shape index (κ2) is 10.8. The van der Waals surface area contributed by atoms with E-state index in [-0.39, 0.29) is 35.1 Å². The first kappa shape index (κ1) is 25.8. The maximum Gasteiger partial charge on any atom is 0.331 e. The average molecular weight is 518 g/mol. The van der Waals surface area contributed by atoms with Gasteiger partial charge in [0.15, 0.2) is 0 Å². The molecule has 1 atom stereocenters. The minimum Gasteiger partial charge on any atom is -0.326 e. The van der Waals surface area contributed by atoms with Crippen LogP contribution in [0.4, 0.5) is 16.2 Å². The number of likely N-dealkylation sites (tertiary alicyclic amines) is 1. The van der Waals surface area contributed by atoms with Gasteiger partial charge in [0.2, 0.25) is 5.91 Å². The molecule has 2 N–H and O–H groups in total. The molecule has 1 saturated carbocycles. The SMILES string of the molecule is CC(C)n1c(=O)n(CC2CC2)c(=O)c2cc(NC(=O)N3CCC[C@H](CC(=O)Nc4ccccc4)C3)ccc21. The van der Waals surface area contributed by atoms with Crippen molar-refractivity contribution in [1.29, 1.82) is 0 Å². The first-order valence-electron chi connectivity index (χ1n) is 13.5. The predicted octanol–water partition coefficient (Wildman–Crippen LogP) is 4.43. The number of hydrogen-bond donors (Lipinski definition) is 2. The van der Waals surface area contributed by atoms with Gasteiger partial charge in [-0.05, 0) is 81.7 Å². The van der Waals surface area contributed by atoms with Crippen molar-refractivity contribution in [3.8, 4) is 0 Å². The first-order chi connectivity index (χ1) is 18.3. The van der Waals surface area contributed by atoms with Gasteiger partial charge in [-0.2, -0.15) is 0 Å². The summed E-state index contributed by atoms with van der Waals surface area (Å²) in [7, 11) is 0. The lowest BCUT2D eigenvalue weighted by molar-refractivity contribution is -0.117. The standard InChI is InChI=1S/C29H35N5O4/c1-19(2)34-25-13-12-23(16-24(25)27(36)33(29(34)38)18-20-10-11-20)31-28(37)32-14-6-7-21(17-32)15-26(35)30-22-8-4-3-5-9-22/h3-5,8-9,12-13,16,19-21H,6-7,10-11,14-15,17-18H2,1-2H3,(H,30,35)(H,31,37)/t21-/m1/s1. The van der Waals surface area contributed by atoms with Gasteiger partial charge in [0, 0.05) is 43.5 Å². The van der Waals surface area contributed by atoms with Crippen LogP contribution in [0.2, 0.25) is 0 Å². The van der Waals surface area contributed by atoms with Gasteiger partial charge in [-0.1, -0.05) is 18.2 Å². The number of anilines is 2. The molecule has 1 aromatic heterocycles. The van der Waals surface area contributed by atoms with Crippen LogP contribution in [0.15, 0.2) is 58.1 Å². The number of rotatable bonds is 7. The number of urea groups is 1. The van der Waals surface area contributed by atoms with Crippen molar-refractivity contribution >= 4 is 34.2 Å². The molecule has 1 saturated heterocycles. The summed E-state index contributed by atoms with van der Waals surface area (Å²) in [6.45, 7) is 5.38. The van der Waals surface area contributed by atoms with Gasteiger partial charge in [0.1, 0.15) is 0 Å². The molecule has 2 aromatic carbocycles. The second-order valence-electron chi connectivity index (χ2n) is 10.8. The fourth-order valence-corrected chi connectivity index (χ4v) is 5.29. The highest BCUT2D eigenvalue weighted by Crippen LogP contribution is 2.30. The number of carbonyl (C=O) groups excluding carboxylic acids is 2. The number of aromatic nitrogens is 2. The monoisotopic (exact) mass is 517 g/mol. The Balaban J connectivity index is 1.30. The first-order valence-corrected chi connectivity index (χ1v) is 13.5. The molecule has 2 heterocycles. The number of nitrogens with one attached hydrogen (secondary N) is 2. The van der Waals surface area contributed by atoms with Crippen LogP contribution in [0, 0.1) is 11.8 Å². The van der Waals surface area contributed by atoms with E-state index in [1.807, 2.05) is 44.2 Å². The Labute approximate surface area is 221 Å². The molecule has 0 spiro atoms. The highest BCUT2D eigenvalue weighted by Gasteiger charge is 2.27. The molecule has 0 unspecified atom stereocenters. The molecule has 2 fully saturated rings. The summed E-state index contributed by atoms with van der Waals surface area (Å²) < 4.78 is 3.00. The number of para-hydroxylation sites is 1. The third kappa shape index (κ3) is 5.66. The van der Waals surface area contributed by atoms with Crippen molar-refractivity contribution in [2.45, 2.75) is 58.5 Å². The lowest BCUT2D eigenvalue weighted by Crippen LogP contribution is -2.43. The molecular weight excluding hydrogens is 482 g/mol. The molecule has 9 nitrogen and oxygen atoms in total. The summed E-state index contributed by atoms with van der Waals surface area (Å²) in [4.78, 5) is 53.8. The number of hydrogen-bond acceptors (Lipinski definition) is 4. The van der Waals surface area contributed by atoms with E-state index < -0.39 is 0 Å². The fraction of sp³-hybridized carbons (Fsp3) is 0.448. The Morgan fingerprint density at radius 1 is 0.947 bits per heavy atom. The number of amides is 3. The molecule has 5 rings (SSSR count). The van der Waals surface area contributed by atoms with Crippen molar-refractivity contribution in [3.05, 3.63) is 69.4 Å². The Morgan fingerprint density at radius 2 is 1.71 bits per heavy atom. The number of fused-ring (bicyclic) bond motifs is 1. The van der Waals surface area contributed by atoms with E-state index >= 15 is 0 Å². The van der Waals surface area contributed by atoms with E-state index in [0.717, 1.165) is 31.4 Å². The molecule has 0 bridgehead atoms. The number of nitrogens with zero attached hydrogens (tertiary/aromatic N) is 3. The lowest BCUT2D eigenvalue weighted by Gasteiger charge is -2.32. The van der Waals surface area contributed by atoms with E-state index in [4.69, 9.17) is 0 Å². The smallest absolute Gasteiger partial charge is 0.326 e. The van der Waals surface area contributed by atoms with Crippen molar-refractivity contribution < 1.29 is 9.59 Å². The molecule has 3 amide bonds. The zero-order valence-electron chi connectivity index (χ0n) is 22.0. The van der Waals surface area contributed by atoms with Crippen LogP contribution in [0.1, 0.15) is 52.0 Å². The topological polar surface area (TPSA) is 105 Å². The van der Waals surface area contributed by atoms with Gasteiger partial charge in [-0.3, -0.25) is 18.7 Å². The van der Waals surface area contributed by atoms with E-state index in [9.17, 15) is 19.2 Å². The third-order valence-corrected chi connectivity index (χ3v) is 7.41. The Morgan fingerprint density at radius 3 is 2.42 bits per heavy atom. The lowest BCUT2D eigenvalue weighted by atomic mass is 9.94. The van der Waals surface area contributed by atoms with E-state index in [1.54, 1.807) is 27.7 Å². The summed E-state index contributed by atoms with van der Waals surface area (Å²) in [6.07, 6.45) is 4.12. The Hall–Kier alpha value is -3.88. The van der Waals surface area contributed by atoms with Gasteiger partial charge in [0.25, 0.3) is 5.56 Å². The minimum atomic E-state index is -0.313. The molecule has 200 valence electrons. The van der Waals surface area contributed by atoms with Crippen molar-refractivity contribution in [2.75, 3.05) is 23.7 Å². The van der Waals surface area contributed by atoms with Crippen LogP contribution < -0.4 is 21.9 Å². The predicted molar refractivity (Wildman–Crippen MR) is 149 cm³/mol. The second-order valence-corrected chi connectivity index (χ2v) is 10.8. The number of piperidine rings is 1. The maximum absolute atomic E-state index is 13.3. The van der Waals surface area contributed by atoms with Crippen LogP contribution >= 0.6 is 0 Å². The summed E-state index contributed by atoms with van der Waals surface area (Å²) in [5.74, 6) is 0.393. The van der Waals surface area contributed by atoms with Crippen molar-refractivity contribution in [3.63, 3.8) is 0 Å². The van der Waals surface area contributed by atoms with Crippen LogP contribution in [0.5, 0.6) is 0 Å². The molecule has 3 aromatic rings. The molecule has 1 aliphatic heterocycles. The summed E-state index contributed by atoms with van der Waals surface area (Å²) >= 11 is 0. The van der Waals surface area contributed by atoms with Crippen LogP contribution in [-0.4, -0.2) is 39.1 Å². The largest absolute Gasteiger partial charge is 0.331 e. The highest BCUT2D eigenvalue weighted by atomic mass is 16.2. The van der Waals surface area contributed by atoms with Gasteiger partial charge in [-0.15, -0.1) is 0 Å². The molecule has 2 aliphatic rings. The fourth-order valence-electron chi connectivity index (χ4n) is 5.29. The molecule has 38 heavy (non-hydrogen) atoms. The maximum atomic E-state index is 13.3. The van der Waals surface area contributed by atoms with Gasteiger partial charge < -0.3 is 15.5 Å². The number of carbonyl (C=O) groups is 2. The highest BCUT2D eigenvalue weighted by molar-refractivity contribution is 5.93.